The van der Waals surface area contributed by atoms with Crippen LogP contribution in [0.5, 0.6) is 0 Å². The maximum Gasteiger partial charge on any atom is 0.272 e. The van der Waals surface area contributed by atoms with Gasteiger partial charge in [-0.3, -0.25) is 9.78 Å². The standard InChI is InChI=1S/C10H6BrCl2N3O/c11-5-4-14-2-1-7(5)16-10(17)8-3-6(12)9(13)15-8/h1-4,15H,(H,14,16,17). The number of aromatic amines is 1. The normalized spacial score (nSPS) is 10.3. The summed E-state index contributed by atoms with van der Waals surface area (Å²) in [4.78, 5) is 18.4. The first kappa shape index (κ1) is 12.4. The van der Waals surface area contributed by atoms with Crippen molar-refractivity contribution in [2.75, 3.05) is 5.32 Å². The number of nitrogens with zero attached hydrogens (tertiary/aromatic N) is 1. The molecule has 0 aliphatic heterocycles. The van der Waals surface area contributed by atoms with Gasteiger partial charge in [0.05, 0.1) is 15.2 Å². The lowest BCUT2D eigenvalue weighted by molar-refractivity contribution is 0.102. The van der Waals surface area contributed by atoms with Crippen LogP contribution >= 0.6 is 39.1 Å². The highest BCUT2D eigenvalue weighted by atomic mass is 79.9. The first-order valence-corrected chi connectivity index (χ1v) is 6.07. The highest BCUT2D eigenvalue weighted by Crippen LogP contribution is 2.24. The van der Waals surface area contributed by atoms with Gasteiger partial charge >= 0.3 is 0 Å². The molecule has 0 fully saturated rings. The van der Waals surface area contributed by atoms with Crippen LogP contribution in [-0.4, -0.2) is 15.9 Å². The van der Waals surface area contributed by atoms with Crippen LogP contribution in [0.15, 0.2) is 29.0 Å². The van der Waals surface area contributed by atoms with E-state index in [0.29, 0.717) is 20.9 Å². The van der Waals surface area contributed by atoms with Gasteiger partial charge in [-0.15, -0.1) is 0 Å². The largest absolute Gasteiger partial charge is 0.340 e. The fourth-order valence-corrected chi connectivity index (χ4v) is 1.85. The molecule has 0 aliphatic rings. The van der Waals surface area contributed by atoms with Crippen LogP contribution in [0, 0.1) is 0 Å². The van der Waals surface area contributed by atoms with Crippen molar-refractivity contribution in [3.63, 3.8) is 0 Å². The average Bonchev–Trinajstić information content (AvgIpc) is 2.63. The molecule has 0 radical (unpaired) electrons. The minimum atomic E-state index is -0.328. The summed E-state index contributed by atoms with van der Waals surface area (Å²) < 4.78 is 0.692. The fraction of sp³-hybridized carbons (Fsp3) is 0. The van der Waals surface area contributed by atoms with Crippen molar-refractivity contribution >= 4 is 50.7 Å². The molecule has 2 N–H and O–H groups in total. The summed E-state index contributed by atoms with van der Waals surface area (Å²) >= 11 is 14.7. The average molecular weight is 335 g/mol. The number of halogens is 3. The van der Waals surface area contributed by atoms with Gasteiger partial charge in [-0.25, -0.2) is 0 Å². The van der Waals surface area contributed by atoms with Crippen LogP contribution in [0.2, 0.25) is 10.2 Å². The van der Waals surface area contributed by atoms with Crippen LogP contribution in [-0.2, 0) is 0 Å². The molecule has 2 aromatic heterocycles. The SMILES string of the molecule is O=C(Nc1ccncc1Br)c1cc(Cl)c(Cl)[nH]1. The lowest BCUT2D eigenvalue weighted by Crippen LogP contribution is -2.12. The summed E-state index contributed by atoms with van der Waals surface area (Å²) in [7, 11) is 0. The maximum atomic E-state index is 11.8. The van der Waals surface area contributed by atoms with Crippen molar-refractivity contribution in [3.8, 4) is 0 Å². The number of H-pyrrole nitrogens is 1. The number of hydrogen-bond acceptors (Lipinski definition) is 2. The van der Waals surface area contributed by atoms with E-state index in [1.54, 1.807) is 18.5 Å². The monoisotopic (exact) mass is 333 g/mol. The molecule has 0 aliphatic carbocycles. The van der Waals surface area contributed by atoms with Gasteiger partial charge in [0.15, 0.2) is 0 Å². The third-order valence-corrected chi connectivity index (χ3v) is 3.32. The second kappa shape index (κ2) is 5.08. The minimum absolute atomic E-state index is 0.241. The van der Waals surface area contributed by atoms with Crippen molar-refractivity contribution in [3.05, 3.63) is 44.9 Å². The zero-order chi connectivity index (χ0) is 12.4. The Kier molecular flexibility index (Phi) is 3.71. The molecule has 0 saturated carbocycles. The van der Waals surface area contributed by atoms with E-state index >= 15 is 0 Å². The van der Waals surface area contributed by atoms with Crippen molar-refractivity contribution < 1.29 is 4.79 Å². The highest BCUT2D eigenvalue weighted by Gasteiger charge is 2.12. The van der Waals surface area contributed by atoms with Crippen molar-refractivity contribution in [1.29, 1.82) is 0 Å². The Labute approximate surface area is 115 Å². The second-order valence-electron chi connectivity index (χ2n) is 3.15. The van der Waals surface area contributed by atoms with E-state index in [2.05, 4.69) is 31.2 Å². The molecule has 0 aromatic carbocycles. The molecule has 0 bridgehead atoms. The Morgan fingerprint density at radius 2 is 2.24 bits per heavy atom. The van der Waals surface area contributed by atoms with Crippen LogP contribution in [0.3, 0.4) is 0 Å². The predicted molar refractivity (Wildman–Crippen MR) is 70.7 cm³/mol. The number of anilines is 1. The smallest absolute Gasteiger partial charge is 0.272 e. The number of rotatable bonds is 2. The van der Waals surface area contributed by atoms with E-state index in [0.717, 1.165) is 0 Å². The van der Waals surface area contributed by atoms with E-state index < -0.39 is 0 Å². The van der Waals surface area contributed by atoms with E-state index in [-0.39, 0.29) is 11.1 Å². The number of carbonyl (C=O) groups excluding carboxylic acids is 1. The number of hydrogen-bond donors (Lipinski definition) is 2. The molecule has 0 atom stereocenters. The van der Waals surface area contributed by atoms with Gasteiger partial charge < -0.3 is 10.3 Å². The topological polar surface area (TPSA) is 57.8 Å². The van der Waals surface area contributed by atoms with Gasteiger partial charge in [-0.1, -0.05) is 23.2 Å². The summed E-state index contributed by atoms with van der Waals surface area (Å²) in [6, 6.07) is 3.14. The lowest BCUT2D eigenvalue weighted by Gasteiger charge is -2.04. The van der Waals surface area contributed by atoms with Crippen molar-refractivity contribution in [2.24, 2.45) is 0 Å². The molecule has 2 rings (SSSR count). The summed E-state index contributed by atoms with van der Waals surface area (Å²) in [6.45, 7) is 0. The van der Waals surface area contributed by atoms with Gasteiger partial charge in [0.1, 0.15) is 10.8 Å². The second-order valence-corrected chi connectivity index (χ2v) is 4.79. The summed E-state index contributed by atoms with van der Waals surface area (Å²) in [5, 5.41) is 3.24. The molecule has 2 aromatic rings. The first-order valence-electron chi connectivity index (χ1n) is 4.53. The third kappa shape index (κ3) is 2.80. The summed E-state index contributed by atoms with van der Waals surface area (Å²) in [6.07, 6.45) is 3.17. The Hall–Kier alpha value is -1.04. The van der Waals surface area contributed by atoms with Gasteiger partial charge in [0.2, 0.25) is 0 Å². The Balaban J connectivity index is 2.20. The molecule has 0 saturated heterocycles. The molecular weight excluding hydrogens is 329 g/mol. The van der Waals surface area contributed by atoms with Gasteiger partial charge in [0.25, 0.3) is 5.91 Å². The zero-order valence-corrected chi connectivity index (χ0v) is 11.4. The Bertz CT molecular complexity index is 551. The molecule has 0 unspecified atom stereocenters. The van der Waals surface area contributed by atoms with E-state index in [4.69, 9.17) is 23.2 Å². The quantitative estimate of drug-likeness (QED) is 0.879. The van der Waals surface area contributed by atoms with Crippen LogP contribution in [0.25, 0.3) is 0 Å². The zero-order valence-electron chi connectivity index (χ0n) is 8.30. The number of amides is 1. The third-order valence-electron chi connectivity index (χ3n) is 1.99. The summed E-state index contributed by atoms with van der Waals surface area (Å²) in [5.74, 6) is -0.328. The molecule has 7 heteroatoms. The molecule has 4 nitrogen and oxygen atoms in total. The van der Waals surface area contributed by atoms with Crippen molar-refractivity contribution in [1.82, 2.24) is 9.97 Å². The van der Waals surface area contributed by atoms with Gasteiger partial charge in [-0.05, 0) is 28.1 Å². The predicted octanol–water partition coefficient (Wildman–Crippen LogP) is 3.73. The number of aromatic nitrogens is 2. The van der Waals surface area contributed by atoms with Crippen molar-refractivity contribution in [2.45, 2.75) is 0 Å². The van der Waals surface area contributed by atoms with E-state index in [1.165, 1.54) is 6.07 Å². The molecule has 17 heavy (non-hydrogen) atoms. The van der Waals surface area contributed by atoms with Gasteiger partial charge in [-0.2, -0.15) is 0 Å². The van der Waals surface area contributed by atoms with Crippen LogP contribution < -0.4 is 5.32 Å². The molecule has 0 spiro atoms. The van der Waals surface area contributed by atoms with Crippen LogP contribution in [0.1, 0.15) is 10.5 Å². The molecule has 1 amide bonds. The molecule has 88 valence electrons. The van der Waals surface area contributed by atoms with E-state index in [1.807, 2.05) is 0 Å². The number of nitrogens with one attached hydrogen (secondary N) is 2. The first-order chi connectivity index (χ1) is 8.08. The Morgan fingerprint density at radius 3 is 2.82 bits per heavy atom. The van der Waals surface area contributed by atoms with E-state index in [9.17, 15) is 4.79 Å². The summed E-state index contributed by atoms with van der Waals surface area (Å²) in [5.41, 5.74) is 0.913. The Morgan fingerprint density at radius 1 is 1.47 bits per heavy atom. The number of pyridine rings is 1. The molecule has 2 heterocycles. The minimum Gasteiger partial charge on any atom is -0.340 e. The van der Waals surface area contributed by atoms with Gasteiger partial charge in [0, 0.05) is 12.4 Å². The highest BCUT2D eigenvalue weighted by molar-refractivity contribution is 9.10. The maximum absolute atomic E-state index is 11.8. The molecular formula is C10H6BrCl2N3O. The lowest BCUT2D eigenvalue weighted by atomic mass is 10.3. The number of carbonyl (C=O) groups is 1. The fourth-order valence-electron chi connectivity index (χ4n) is 1.19. The van der Waals surface area contributed by atoms with Crippen LogP contribution in [0.4, 0.5) is 5.69 Å².